The Morgan fingerprint density at radius 1 is 1.39 bits per heavy atom. The van der Waals surface area contributed by atoms with E-state index in [2.05, 4.69) is 10.3 Å². The lowest BCUT2D eigenvalue weighted by Crippen LogP contribution is -2.29. The van der Waals surface area contributed by atoms with Gasteiger partial charge in [0.05, 0.1) is 17.3 Å². The van der Waals surface area contributed by atoms with Gasteiger partial charge in [0.2, 0.25) is 5.91 Å². The summed E-state index contributed by atoms with van der Waals surface area (Å²) in [6.45, 7) is 2.37. The Bertz CT molecular complexity index is 670. The number of para-hydroxylation sites is 1. The predicted octanol–water partition coefficient (Wildman–Crippen LogP) is 2.48. The summed E-state index contributed by atoms with van der Waals surface area (Å²) in [5.74, 6) is -1.59. The monoisotopic (exact) mass is 336 g/mol. The summed E-state index contributed by atoms with van der Waals surface area (Å²) in [7, 11) is 1.56. The molecule has 1 aromatic carbocycles. The molecule has 2 amide bonds. The number of halogens is 1. The highest BCUT2D eigenvalue weighted by molar-refractivity contribution is 6.32. The van der Waals surface area contributed by atoms with Gasteiger partial charge in [-0.05, 0) is 25.1 Å². The second kappa shape index (κ2) is 7.89. The highest BCUT2D eigenvalue weighted by Gasteiger charge is 2.27. The molecule has 1 aromatic rings. The fraction of sp³-hybridized carbons (Fsp3) is 0.312. The molecule has 0 radical (unpaired) electrons. The first kappa shape index (κ1) is 17.2. The number of anilines is 1. The normalized spacial score (nSPS) is 16.9. The lowest BCUT2D eigenvalue weighted by molar-refractivity contribution is -0.128. The summed E-state index contributed by atoms with van der Waals surface area (Å²) < 4.78 is 10.5. The van der Waals surface area contributed by atoms with E-state index < -0.39 is 17.7 Å². The van der Waals surface area contributed by atoms with Gasteiger partial charge in [-0.3, -0.25) is 9.59 Å². The number of rotatable bonds is 6. The molecule has 0 saturated carbocycles. The van der Waals surface area contributed by atoms with Crippen molar-refractivity contribution in [3.63, 3.8) is 0 Å². The quantitative estimate of drug-likeness (QED) is 0.639. The third-order valence-electron chi connectivity index (χ3n) is 3.12. The zero-order valence-electron chi connectivity index (χ0n) is 12.8. The van der Waals surface area contributed by atoms with E-state index in [1.165, 1.54) is 6.08 Å². The first-order chi connectivity index (χ1) is 11.0. The van der Waals surface area contributed by atoms with E-state index in [4.69, 9.17) is 21.1 Å². The minimum Gasteiger partial charge on any atom is -0.487 e. The van der Waals surface area contributed by atoms with Gasteiger partial charge in [-0.1, -0.05) is 23.7 Å². The number of dihydropyridines is 1. The SMILES string of the molecule is COCCOc1c(Cl)cccc1NC(=O)C1C=CC(C)=NC1=O. The van der Waals surface area contributed by atoms with Gasteiger partial charge in [-0.2, -0.15) is 0 Å². The van der Waals surface area contributed by atoms with Crippen LogP contribution in [0.25, 0.3) is 0 Å². The van der Waals surface area contributed by atoms with Gasteiger partial charge in [0, 0.05) is 12.8 Å². The molecule has 23 heavy (non-hydrogen) atoms. The van der Waals surface area contributed by atoms with Crippen molar-refractivity contribution in [1.29, 1.82) is 0 Å². The van der Waals surface area contributed by atoms with E-state index in [9.17, 15) is 9.59 Å². The number of benzene rings is 1. The first-order valence-corrected chi connectivity index (χ1v) is 7.39. The molecule has 1 N–H and O–H groups in total. The smallest absolute Gasteiger partial charge is 0.262 e. The van der Waals surface area contributed by atoms with Gasteiger partial charge in [-0.15, -0.1) is 0 Å². The Morgan fingerprint density at radius 3 is 2.87 bits per heavy atom. The van der Waals surface area contributed by atoms with Gasteiger partial charge in [0.25, 0.3) is 5.91 Å². The van der Waals surface area contributed by atoms with Crippen molar-refractivity contribution >= 4 is 34.8 Å². The molecular weight excluding hydrogens is 320 g/mol. The fourth-order valence-corrected chi connectivity index (χ4v) is 2.22. The Labute approximate surface area is 139 Å². The van der Waals surface area contributed by atoms with Crippen LogP contribution in [-0.4, -0.2) is 37.8 Å². The van der Waals surface area contributed by atoms with Crippen LogP contribution in [0.15, 0.2) is 35.3 Å². The molecule has 2 rings (SSSR count). The van der Waals surface area contributed by atoms with Crippen molar-refractivity contribution in [3.05, 3.63) is 35.4 Å². The standard InChI is InChI=1S/C16H17ClN2O4/c1-10-6-7-11(15(20)18-10)16(21)19-13-5-3-4-12(17)14(13)23-9-8-22-2/h3-7,11H,8-9H2,1-2H3,(H,19,21). The Balaban J connectivity index is 2.13. The fourth-order valence-electron chi connectivity index (χ4n) is 1.99. The van der Waals surface area contributed by atoms with E-state index in [1.807, 2.05) is 0 Å². The molecular formula is C16H17ClN2O4. The number of nitrogens with zero attached hydrogens (tertiary/aromatic N) is 1. The molecule has 0 spiro atoms. The van der Waals surface area contributed by atoms with E-state index in [0.29, 0.717) is 28.8 Å². The molecule has 122 valence electrons. The van der Waals surface area contributed by atoms with Gasteiger partial charge in [0.1, 0.15) is 12.5 Å². The number of hydrogen-bond acceptors (Lipinski definition) is 4. The van der Waals surface area contributed by atoms with E-state index >= 15 is 0 Å². The maximum Gasteiger partial charge on any atom is 0.262 e. The number of allylic oxidation sites excluding steroid dienone is 1. The van der Waals surface area contributed by atoms with Crippen LogP contribution in [0, 0.1) is 5.92 Å². The summed E-state index contributed by atoms with van der Waals surface area (Å²) in [6.07, 6.45) is 3.16. The topological polar surface area (TPSA) is 77.0 Å². The second-order valence-corrected chi connectivity index (χ2v) is 5.28. The number of carbonyl (C=O) groups is 2. The molecule has 6 nitrogen and oxygen atoms in total. The molecule has 0 saturated heterocycles. The molecule has 1 heterocycles. The predicted molar refractivity (Wildman–Crippen MR) is 88.2 cm³/mol. The molecule has 0 aliphatic carbocycles. The highest BCUT2D eigenvalue weighted by Crippen LogP contribution is 2.33. The number of amides is 2. The van der Waals surface area contributed by atoms with Crippen molar-refractivity contribution in [2.75, 3.05) is 25.6 Å². The van der Waals surface area contributed by atoms with Crippen molar-refractivity contribution in [2.24, 2.45) is 10.9 Å². The lowest BCUT2D eigenvalue weighted by Gasteiger charge is -2.16. The van der Waals surface area contributed by atoms with Gasteiger partial charge < -0.3 is 14.8 Å². The number of hydrogen-bond donors (Lipinski definition) is 1. The van der Waals surface area contributed by atoms with Crippen LogP contribution in [0.3, 0.4) is 0 Å². The molecule has 0 aromatic heterocycles. The summed E-state index contributed by atoms with van der Waals surface area (Å²) in [5.41, 5.74) is 0.969. The molecule has 1 aliphatic rings. The number of carbonyl (C=O) groups excluding carboxylic acids is 2. The number of methoxy groups -OCH3 is 1. The van der Waals surface area contributed by atoms with Crippen LogP contribution in [0.1, 0.15) is 6.92 Å². The number of aliphatic imine (C=N–C) groups is 1. The Kier molecular flexibility index (Phi) is 5.90. The average Bonchev–Trinajstić information content (AvgIpc) is 2.50. The van der Waals surface area contributed by atoms with E-state index in [-0.39, 0.29) is 6.61 Å². The summed E-state index contributed by atoms with van der Waals surface area (Å²) in [5, 5.41) is 3.02. The number of ether oxygens (including phenoxy) is 2. The maximum atomic E-state index is 12.3. The van der Waals surface area contributed by atoms with Gasteiger partial charge >= 0.3 is 0 Å². The van der Waals surface area contributed by atoms with E-state index in [1.54, 1.807) is 38.3 Å². The lowest BCUT2D eigenvalue weighted by atomic mass is 10.0. The minimum atomic E-state index is -0.954. The van der Waals surface area contributed by atoms with Crippen molar-refractivity contribution < 1.29 is 19.1 Å². The third kappa shape index (κ3) is 4.40. The zero-order valence-corrected chi connectivity index (χ0v) is 13.6. The molecule has 0 fully saturated rings. The van der Waals surface area contributed by atoms with Crippen LogP contribution in [-0.2, 0) is 14.3 Å². The van der Waals surface area contributed by atoms with Crippen LogP contribution in [0.2, 0.25) is 5.02 Å². The first-order valence-electron chi connectivity index (χ1n) is 7.01. The van der Waals surface area contributed by atoms with Gasteiger partial charge in [0.15, 0.2) is 5.75 Å². The van der Waals surface area contributed by atoms with E-state index in [0.717, 1.165) is 0 Å². The summed E-state index contributed by atoms with van der Waals surface area (Å²) >= 11 is 6.11. The van der Waals surface area contributed by atoms with Crippen molar-refractivity contribution in [1.82, 2.24) is 0 Å². The van der Waals surface area contributed by atoms with Crippen molar-refractivity contribution in [2.45, 2.75) is 6.92 Å². The largest absolute Gasteiger partial charge is 0.487 e. The Hall–Kier alpha value is -2.18. The van der Waals surface area contributed by atoms with Crippen LogP contribution >= 0.6 is 11.6 Å². The van der Waals surface area contributed by atoms with Crippen LogP contribution < -0.4 is 10.1 Å². The molecule has 7 heteroatoms. The molecule has 1 unspecified atom stereocenters. The summed E-state index contributed by atoms with van der Waals surface area (Å²) in [4.78, 5) is 27.9. The van der Waals surface area contributed by atoms with Crippen LogP contribution in [0.5, 0.6) is 5.75 Å². The van der Waals surface area contributed by atoms with Gasteiger partial charge in [-0.25, -0.2) is 4.99 Å². The summed E-state index contributed by atoms with van der Waals surface area (Å²) in [6, 6.07) is 4.98. The Morgan fingerprint density at radius 2 is 2.17 bits per heavy atom. The minimum absolute atomic E-state index is 0.287. The highest BCUT2D eigenvalue weighted by atomic mass is 35.5. The molecule has 1 atom stereocenters. The second-order valence-electron chi connectivity index (χ2n) is 4.88. The maximum absolute atomic E-state index is 12.3. The third-order valence-corrected chi connectivity index (χ3v) is 3.42. The zero-order chi connectivity index (χ0) is 16.8. The molecule has 1 aliphatic heterocycles. The average molecular weight is 337 g/mol. The van der Waals surface area contributed by atoms with Crippen molar-refractivity contribution in [3.8, 4) is 5.75 Å². The number of nitrogens with one attached hydrogen (secondary N) is 1. The molecule has 0 bridgehead atoms. The van der Waals surface area contributed by atoms with Crippen LogP contribution in [0.4, 0.5) is 5.69 Å².